The Bertz CT molecular complexity index is 263. The number of esters is 1. The van der Waals surface area contributed by atoms with Crippen LogP contribution in [0.5, 0.6) is 0 Å². The maximum absolute atomic E-state index is 10.8. The van der Waals surface area contributed by atoms with Crippen LogP contribution in [0.3, 0.4) is 0 Å². The van der Waals surface area contributed by atoms with Gasteiger partial charge in [-0.1, -0.05) is 103 Å². The van der Waals surface area contributed by atoms with Gasteiger partial charge in [-0.2, -0.15) is 0 Å². The first-order valence-corrected chi connectivity index (χ1v) is 10.8. The van der Waals surface area contributed by atoms with Crippen molar-refractivity contribution >= 4 is 5.97 Å². The fourth-order valence-corrected chi connectivity index (χ4v) is 3.32. The second-order valence-electron chi connectivity index (χ2n) is 7.51. The van der Waals surface area contributed by atoms with Crippen LogP contribution < -0.4 is 0 Å². The summed E-state index contributed by atoms with van der Waals surface area (Å²) in [5.74, 6) is -0.154. The average Bonchev–Trinajstić information content (AvgIpc) is 2.53. The summed E-state index contributed by atoms with van der Waals surface area (Å²) in [4.78, 5) is 10.8. The Morgan fingerprint density at radius 3 is 1.33 bits per heavy atom. The molecule has 0 aromatic rings. The Balaban J connectivity index is 3.06. The van der Waals surface area contributed by atoms with E-state index >= 15 is 0 Å². The standard InChI is InChI=1S/C22H44O2/c1-4-5-6-7-8-9-10-11-12-13-14-15-16-17-18-19-20-21(2)24-22(3)23/h21H,4-20H2,1-3H3/t21-/m0/s1. The topological polar surface area (TPSA) is 26.3 Å². The van der Waals surface area contributed by atoms with Gasteiger partial charge in [-0.25, -0.2) is 0 Å². The highest BCUT2D eigenvalue weighted by atomic mass is 16.5. The predicted molar refractivity (Wildman–Crippen MR) is 105 cm³/mol. The zero-order chi connectivity index (χ0) is 17.9. The lowest BCUT2D eigenvalue weighted by atomic mass is 10.0. The van der Waals surface area contributed by atoms with E-state index in [9.17, 15) is 4.79 Å². The minimum absolute atomic E-state index is 0.0918. The number of ether oxygens (including phenoxy) is 1. The monoisotopic (exact) mass is 340 g/mol. The summed E-state index contributed by atoms with van der Waals surface area (Å²) in [5.41, 5.74) is 0. The maximum Gasteiger partial charge on any atom is 0.302 e. The number of unbranched alkanes of at least 4 members (excludes halogenated alkanes) is 15. The molecule has 2 heteroatoms. The molecule has 0 fully saturated rings. The van der Waals surface area contributed by atoms with E-state index in [-0.39, 0.29) is 12.1 Å². The maximum atomic E-state index is 10.8. The predicted octanol–water partition coefficient (Wildman–Crippen LogP) is 7.59. The van der Waals surface area contributed by atoms with Gasteiger partial charge in [0.25, 0.3) is 0 Å². The lowest BCUT2D eigenvalue weighted by Gasteiger charge is -2.11. The minimum Gasteiger partial charge on any atom is -0.463 e. The zero-order valence-corrected chi connectivity index (χ0v) is 16.9. The second kappa shape index (κ2) is 18.8. The molecule has 0 aliphatic carbocycles. The van der Waals surface area contributed by atoms with Gasteiger partial charge >= 0.3 is 5.97 Å². The third-order valence-electron chi connectivity index (χ3n) is 4.83. The molecule has 2 nitrogen and oxygen atoms in total. The van der Waals surface area contributed by atoms with Crippen molar-refractivity contribution in [3.8, 4) is 0 Å². The van der Waals surface area contributed by atoms with Crippen LogP contribution in [-0.4, -0.2) is 12.1 Å². The van der Waals surface area contributed by atoms with E-state index in [0.717, 1.165) is 6.42 Å². The molecule has 0 aliphatic rings. The molecule has 0 bridgehead atoms. The van der Waals surface area contributed by atoms with Crippen LogP contribution in [0.1, 0.15) is 130 Å². The van der Waals surface area contributed by atoms with Gasteiger partial charge in [-0.3, -0.25) is 4.79 Å². The number of rotatable bonds is 18. The van der Waals surface area contributed by atoms with Crippen molar-refractivity contribution in [2.24, 2.45) is 0 Å². The number of carbonyl (C=O) groups excluding carboxylic acids is 1. The summed E-state index contributed by atoms with van der Waals surface area (Å²) in [7, 11) is 0. The van der Waals surface area contributed by atoms with Gasteiger partial charge in [0, 0.05) is 6.92 Å². The summed E-state index contributed by atoms with van der Waals surface area (Å²) < 4.78 is 5.14. The van der Waals surface area contributed by atoms with Gasteiger partial charge < -0.3 is 4.74 Å². The molecule has 144 valence electrons. The van der Waals surface area contributed by atoms with Crippen molar-refractivity contribution < 1.29 is 9.53 Å². The van der Waals surface area contributed by atoms with E-state index in [2.05, 4.69) is 6.92 Å². The van der Waals surface area contributed by atoms with E-state index in [1.807, 2.05) is 6.92 Å². The summed E-state index contributed by atoms with van der Waals surface area (Å²) in [6.45, 7) is 5.77. The Morgan fingerprint density at radius 1 is 0.667 bits per heavy atom. The highest BCUT2D eigenvalue weighted by Gasteiger charge is 2.04. The van der Waals surface area contributed by atoms with E-state index in [1.54, 1.807) is 0 Å². The lowest BCUT2D eigenvalue weighted by molar-refractivity contribution is -0.145. The van der Waals surface area contributed by atoms with Crippen molar-refractivity contribution in [2.75, 3.05) is 0 Å². The second-order valence-corrected chi connectivity index (χ2v) is 7.51. The van der Waals surface area contributed by atoms with Crippen LogP contribution in [-0.2, 0) is 9.53 Å². The smallest absolute Gasteiger partial charge is 0.302 e. The van der Waals surface area contributed by atoms with Crippen LogP contribution in [0.25, 0.3) is 0 Å². The Labute approximate surface area is 152 Å². The molecule has 0 spiro atoms. The van der Waals surface area contributed by atoms with E-state index in [4.69, 9.17) is 4.74 Å². The highest BCUT2D eigenvalue weighted by Crippen LogP contribution is 2.14. The van der Waals surface area contributed by atoms with Crippen molar-refractivity contribution in [3.05, 3.63) is 0 Å². The van der Waals surface area contributed by atoms with Crippen LogP contribution in [0.2, 0.25) is 0 Å². The van der Waals surface area contributed by atoms with E-state index in [0.29, 0.717) is 0 Å². The molecule has 0 saturated carbocycles. The summed E-state index contributed by atoms with van der Waals surface area (Å²) in [6.07, 6.45) is 23.4. The fourth-order valence-electron chi connectivity index (χ4n) is 3.32. The zero-order valence-electron chi connectivity index (χ0n) is 16.9. The van der Waals surface area contributed by atoms with Crippen molar-refractivity contribution in [1.82, 2.24) is 0 Å². The first-order valence-electron chi connectivity index (χ1n) is 10.8. The van der Waals surface area contributed by atoms with E-state index < -0.39 is 0 Å². The van der Waals surface area contributed by atoms with Crippen LogP contribution in [0.4, 0.5) is 0 Å². The average molecular weight is 341 g/mol. The van der Waals surface area contributed by atoms with Gasteiger partial charge in [0.05, 0.1) is 6.10 Å². The molecule has 0 aliphatic heterocycles. The van der Waals surface area contributed by atoms with Gasteiger partial charge in [-0.05, 0) is 19.8 Å². The molecular formula is C22H44O2. The number of hydrogen-bond donors (Lipinski definition) is 0. The van der Waals surface area contributed by atoms with Gasteiger partial charge in [0.15, 0.2) is 0 Å². The third kappa shape index (κ3) is 19.5. The van der Waals surface area contributed by atoms with Gasteiger partial charge in [-0.15, -0.1) is 0 Å². The SMILES string of the molecule is CCCCCCCCCCCCCCCCCC[C@H](C)OC(C)=O. The van der Waals surface area contributed by atoms with Gasteiger partial charge in [0.1, 0.15) is 0 Å². The van der Waals surface area contributed by atoms with Crippen LogP contribution in [0.15, 0.2) is 0 Å². The van der Waals surface area contributed by atoms with E-state index in [1.165, 1.54) is 110 Å². The molecule has 0 heterocycles. The molecule has 0 unspecified atom stereocenters. The van der Waals surface area contributed by atoms with Crippen molar-refractivity contribution in [2.45, 2.75) is 136 Å². The Morgan fingerprint density at radius 2 is 1.00 bits per heavy atom. The molecular weight excluding hydrogens is 296 g/mol. The molecule has 0 amide bonds. The number of carbonyl (C=O) groups is 1. The van der Waals surface area contributed by atoms with Crippen molar-refractivity contribution in [3.63, 3.8) is 0 Å². The summed E-state index contributed by atoms with van der Waals surface area (Å²) >= 11 is 0. The normalized spacial score (nSPS) is 12.3. The Hall–Kier alpha value is -0.530. The first-order chi connectivity index (χ1) is 11.7. The number of hydrogen-bond acceptors (Lipinski definition) is 2. The molecule has 0 radical (unpaired) electrons. The Kier molecular flexibility index (Phi) is 18.4. The molecule has 0 aromatic heterocycles. The molecule has 0 rings (SSSR count). The lowest BCUT2D eigenvalue weighted by Crippen LogP contribution is -2.11. The van der Waals surface area contributed by atoms with Crippen LogP contribution >= 0.6 is 0 Å². The van der Waals surface area contributed by atoms with Crippen molar-refractivity contribution in [1.29, 1.82) is 0 Å². The molecule has 0 saturated heterocycles. The largest absolute Gasteiger partial charge is 0.463 e. The summed E-state index contributed by atoms with van der Waals surface area (Å²) in [5, 5.41) is 0. The third-order valence-corrected chi connectivity index (χ3v) is 4.83. The van der Waals surface area contributed by atoms with Crippen LogP contribution in [0, 0.1) is 0 Å². The molecule has 24 heavy (non-hydrogen) atoms. The highest BCUT2D eigenvalue weighted by molar-refractivity contribution is 5.66. The van der Waals surface area contributed by atoms with Gasteiger partial charge in [0.2, 0.25) is 0 Å². The first kappa shape index (κ1) is 23.5. The molecule has 0 aromatic carbocycles. The minimum atomic E-state index is -0.154. The fraction of sp³-hybridized carbons (Fsp3) is 0.955. The molecule has 0 N–H and O–H groups in total. The quantitative estimate of drug-likeness (QED) is 0.190. The summed E-state index contributed by atoms with van der Waals surface area (Å²) in [6, 6.07) is 0. The molecule has 1 atom stereocenters.